The Morgan fingerprint density at radius 3 is 2.45 bits per heavy atom. The number of halogens is 4. The summed E-state index contributed by atoms with van der Waals surface area (Å²) < 4.78 is 6.38. The van der Waals surface area contributed by atoms with Gasteiger partial charge in [-0.05, 0) is 49.7 Å². The van der Waals surface area contributed by atoms with Gasteiger partial charge in [0.2, 0.25) is 5.91 Å². The largest absolute Gasteiger partial charge is 0.482 e. The van der Waals surface area contributed by atoms with Crippen LogP contribution in [-0.4, -0.2) is 35.9 Å². The number of rotatable bonds is 8. The number of amides is 2. The van der Waals surface area contributed by atoms with Crippen molar-refractivity contribution >= 4 is 62.5 Å². The van der Waals surface area contributed by atoms with Gasteiger partial charge in [-0.2, -0.15) is 0 Å². The van der Waals surface area contributed by atoms with Crippen molar-refractivity contribution in [1.82, 2.24) is 10.2 Å². The maximum Gasteiger partial charge on any atom is 0.261 e. The monoisotopic (exact) mass is 520 g/mol. The summed E-state index contributed by atoms with van der Waals surface area (Å²) in [6, 6.07) is 9.46. The molecule has 0 spiro atoms. The van der Waals surface area contributed by atoms with Crippen molar-refractivity contribution in [3.63, 3.8) is 0 Å². The smallest absolute Gasteiger partial charge is 0.261 e. The fourth-order valence-corrected chi connectivity index (χ4v) is 3.60. The molecule has 0 bridgehead atoms. The lowest BCUT2D eigenvalue weighted by atomic mass is 10.1. The van der Waals surface area contributed by atoms with E-state index in [1.54, 1.807) is 43.3 Å². The van der Waals surface area contributed by atoms with Crippen LogP contribution < -0.4 is 10.1 Å². The average molecular weight is 523 g/mol. The van der Waals surface area contributed by atoms with Gasteiger partial charge in [-0.3, -0.25) is 9.59 Å². The van der Waals surface area contributed by atoms with E-state index in [4.69, 9.17) is 39.5 Å². The molecule has 2 rings (SSSR count). The lowest BCUT2D eigenvalue weighted by molar-refractivity contribution is -0.142. The van der Waals surface area contributed by atoms with E-state index in [-0.39, 0.29) is 25.0 Å². The van der Waals surface area contributed by atoms with Crippen LogP contribution >= 0.6 is 50.7 Å². The minimum Gasteiger partial charge on any atom is -0.482 e. The van der Waals surface area contributed by atoms with E-state index in [2.05, 4.69) is 21.2 Å². The summed E-state index contributed by atoms with van der Waals surface area (Å²) in [7, 11) is 0. The molecule has 0 unspecified atom stereocenters. The van der Waals surface area contributed by atoms with Crippen molar-refractivity contribution in [3.8, 4) is 5.75 Å². The van der Waals surface area contributed by atoms with Crippen molar-refractivity contribution in [2.75, 3.05) is 13.2 Å². The molecule has 156 valence electrons. The SMILES string of the molecule is CCNC(=O)[C@@H](C)N(Cc1ccc(Cl)c(Cl)c1)C(=O)COc1ccc(Br)cc1Cl. The molecule has 2 amide bonds. The van der Waals surface area contributed by atoms with Crippen molar-refractivity contribution in [1.29, 1.82) is 0 Å². The van der Waals surface area contributed by atoms with Crippen molar-refractivity contribution in [2.45, 2.75) is 26.4 Å². The molecule has 0 heterocycles. The fraction of sp³-hybridized carbons (Fsp3) is 0.300. The first-order valence-electron chi connectivity index (χ1n) is 8.81. The second-order valence-electron chi connectivity index (χ2n) is 6.20. The number of carbonyl (C=O) groups excluding carboxylic acids is 2. The summed E-state index contributed by atoms with van der Waals surface area (Å²) in [6.07, 6.45) is 0. The third-order valence-electron chi connectivity index (χ3n) is 4.10. The molecule has 2 aromatic rings. The number of benzene rings is 2. The van der Waals surface area contributed by atoms with Crippen LogP contribution in [0.1, 0.15) is 19.4 Å². The predicted octanol–water partition coefficient (Wildman–Crippen LogP) is 5.34. The van der Waals surface area contributed by atoms with Gasteiger partial charge in [-0.1, -0.05) is 56.8 Å². The van der Waals surface area contributed by atoms with E-state index in [9.17, 15) is 9.59 Å². The number of nitrogens with zero attached hydrogens (tertiary/aromatic N) is 1. The molecule has 0 aliphatic carbocycles. The van der Waals surface area contributed by atoms with E-state index >= 15 is 0 Å². The first-order valence-corrected chi connectivity index (χ1v) is 10.7. The molecule has 0 saturated carbocycles. The average Bonchev–Trinajstić information content (AvgIpc) is 2.67. The number of hydrogen-bond donors (Lipinski definition) is 1. The molecule has 0 aliphatic heterocycles. The Hall–Kier alpha value is -1.47. The Labute approximate surface area is 193 Å². The van der Waals surface area contributed by atoms with Gasteiger partial charge in [-0.25, -0.2) is 0 Å². The van der Waals surface area contributed by atoms with Gasteiger partial charge in [0, 0.05) is 17.6 Å². The lowest BCUT2D eigenvalue weighted by Gasteiger charge is -2.28. The predicted molar refractivity (Wildman–Crippen MR) is 120 cm³/mol. The van der Waals surface area contributed by atoms with Crippen molar-refractivity contribution < 1.29 is 14.3 Å². The van der Waals surface area contributed by atoms with Crippen LogP contribution in [0.2, 0.25) is 15.1 Å². The molecule has 0 aliphatic rings. The fourth-order valence-electron chi connectivity index (χ4n) is 2.55. The Morgan fingerprint density at radius 1 is 1.10 bits per heavy atom. The van der Waals surface area contributed by atoms with Crippen LogP contribution in [0, 0.1) is 0 Å². The highest BCUT2D eigenvalue weighted by Crippen LogP contribution is 2.28. The molecule has 0 aromatic heterocycles. The number of ether oxygens (including phenoxy) is 1. The van der Waals surface area contributed by atoms with Crippen LogP contribution in [0.25, 0.3) is 0 Å². The molecule has 2 aromatic carbocycles. The Kier molecular flexibility index (Phi) is 9.08. The van der Waals surface area contributed by atoms with Crippen LogP contribution in [0.5, 0.6) is 5.75 Å². The summed E-state index contributed by atoms with van der Waals surface area (Å²) >= 11 is 21.5. The van der Waals surface area contributed by atoms with E-state index in [1.807, 2.05) is 6.92 Å². The highest BCUT2D eigenvalue weighted by atomic mass is 79.9. The van der Waals surface area contributed by atoms with Crippen LogP contribution in [-0.2, 0) is 16.1 Å². The van der Waals surface area contributed by atoms with E-state index in [0.717, 1.165) is 10.0 Å². The zero-order chi connectivity index (χ0) is 21.6. The second kappa shape index (κ2) is 11.1. The molecule has 5 nitrogen and oxygen atoms in total. The van der Waals surface area contributed by atoms with E-state index in [1.165, 1.54) is 4.90 Å². The summed E-state index contributed by atoms with van der Waals surface area (Å²) in [5, 5.41) is 3.89. The molecule has 0 fully saturated rings. The topological polar surface area (TPSA) is 58.6 Å². The molecule has 0 saturated heterocycles. The summed E-state index contributed by atoms with van der Waals surface area (Å²) in [5.74, 6) is -0.250. The molecular formula is C20H20BrCl3N2O3. The third kappa shape index (κ3) is 6.78. The number of carbonyl (C=O) groups is 2. The van der Waals surface area contributed by atoms with Crippen molar-refractivity contribution in [2.24, 2.45) is 0 Å². The minimum atomic E-state index is -0.708. The zero-order valence-corrected chi connectivity index (χ0v) is 19.7. The quantitative estimate of drug-likeness (QED) is 0.509. The first kappa shape index (κ1) is 23.8. The van der Waals surface area contributed by atoms with Crippen LogP contribution in [0.4, 0.5) is 0 Å². The van der Waals surface area contributed by atoms with Gasteiger partial charge in [-0.15, -0.1) is 0 Å². The van der Waals surface area contributed by atoms with Gasteiger partial charge in [0.25, 0.3) is 5.91 Å². The Bertz CT molecular complexity index is 895. The highest BCUT2D eigenvalue weighted by Gasteiger charge is 2.26. The van der Waals surface area contributed by atoms with Crippen molar-refractivity contribution in [3.05, 3.63) is 61.5 Å². The molecule has 1 N–H and O–H groups in total. The minimum absolute atomic E-state index is 0.172. The summed E-state index contributed by atoms with van der Waals surface area (Å²) in [5.41, 5.74) is 0.741. The van der Waals surface area contributed by atoms with Gasteiger partial charge < -0.3 is 15.0 Å². The molecule has 9 heteroatoms. The number of hydrogen-bond acceptors (Lipinski definition) is 3. The second-order valence-corrected chi connectivity index (χ2v) is 8.34. The number of likely N-dealkylation sites (N-methyl/N-ethyl adjacent to an activating group) is 1. The molecular weight excluding hydrogens is 502 g/mol. The number of nitrogens with one attached hydrogen (secondary N) is 1. The van der Waals surface area contributed by atoms with Crippen LogP contribution in [0.3, 0.4) is 0 Å². The maximum absolute atomic E-state index is 12.9. The van der Waals surface area contributed by atoms with Gasteiger partial charge in [0.1, 0.15) is 11.8 Å². The lowest BCUT2D eigenvalue weighted by Crippen LogP contribution is -2.49. The van der Waals surface area contributed by atoms with Gasteiger partial charge in [0.05, 0.1) is 15.1 Å². The summed E-state index contributed by atoms with van der Waals surface area (Å²) in [4.78, 5) is 26.7. The Morgan fingerprint density at radius 2 is 1.83 bits per heavy atom. The van der Waals surface area contributed by atoms with E-state index < -0.39 is 6.04 Å². The molecule has 29 heavy (non-hydrogen) atoms. The molecule has 0 radical (unpaired) electrons. The van der Waals surface area contributed by atoms with Crippen LogP contribution in [0.15, 0.2) is 40.9 Å². The van der Waals surface area contributed by atoms with Gasteiger partial charge in [0.15, 0.2) is 6.61 Å². The normalized spacial score (nSPS) is 11.7. The first-order chi connectivity index (χ1) is 13.7. The van der Waals surface area contributed by atoms with E-state index in [0.29, 0.717) is 27.4 Å². The molecule has 1 atom stereocenters. The zero-order valence-electron chi connectivity index (χ0n) is 15.8. The maximum atomic E-state index is 12.9. The Balaban J connectivity index is 2.19. The van der Waals surface area contributed by atoms with Gasteiger partial charge >= 0.3 is 0 Å². The third-order valence-corrected chi connectivity index (χ3v) is 5.63. The summed E-state index contributed by atoms with van der Waals surface area (Å²) in [6.45, 7) is 3.84. The highest BCUT2D eigenvalue weighted by molar-refractivity contribution is 9.10. The standard InChI is InChI=1S/C20H20BrCl3N2O3/c1-3-25-20(28)12(2)26(10-13-4-6-15(22)16(23)8-13)19(27)11-29-18-7-5-14(21)9-17(18)24/h4-9,12H,3,10-11H2,1-2H3,(H,25,28)/t12-/m1/s1.